The first-order chi connectivity index (χ1) is 14.7. The Morgan fingerprint density at radius 1 is 1.10 bits per heavy atom. The molecule has 3 aromatic rings. The van der Waals surface area contributed by atoms with Crippen LogP contribution in [0.3, 0.4) is 0 Å². The van der Waals surface area contributed by atoms with Gasteiger partial charge in [0.05, 0.1) is 38.0 Å². The molecular formula is C22H23ClN2O4S2. The second kappa shape index (κ2) is 10.3. The van der Waals surface area contributed by atoms with Gasteiger partial charge in [0.1, 0.15) is 5.75 Å². The van der Waals surface area contributed by atoms with E-state index in [1.807, 2.05) is 44.2 Å². The molecule has 0 aliphatic heterocycles. The van der Waals surface area contributed by atoms with E-state index in [1.165, 1.54) is 24.4 Å². The molecular weight excluding hydrogens is 456 g/mol. The van der Waals surface area contributed by atoms with Gasteiger partial charge in [0.25, 0.3) is 10.0 Å². The maximum Gasteiger partial charge on any atom is 0.263 e. The van der Waals surface area contributed by atoms with Crippen LogP contribution in [-0.4, -0.2) is 24.2 Å². The molecule has 0 fully saturated rings. The Bertz CT molecular complexity index is 1150. The van der Waals surface area contributed by atoms with Gasteiger partial charge in [-0.05, 0) is 41.8 Å². The van der Waals surface area contributed by atoms with E-state index in [4.69, 9.17) is 16.3 Å². The van der Waals surface area contributed by atoms with E-state index in [0.717, 1.165) is 5.56 Å². The summed E-state index contributed by atoms with van der Waals surface area (Å²) in [6.07, 6.45) is 1.31. The average Bonchev–Trinajstić information content (AvgIpc) is 2.74. The molecule has 0 saturated heterocycles. The molecule has 9 heteroatoms. The number of rotatable bonds is 9. The van der Waals surface area contributed by atoms with Crippen molar-refractivity contribution < 1.29 is 17.4 Å². The molecule has 1 atom stereocenters. The second-order valence-corrected chi connectivity index (χ2v) is 10.8. The molecule has 1 N–H and O–H groups in total. The third kappa shape index (κ3) is 6.53. The molecule has 2 aromatic carbocycles. The Morgan fingerprint density at radius 3 is 2.42 bits per heavy atom. The van der Waals surface area contributed by atoms with Gasteiger partial charge in [-0.25, -0.2) is 13.4 Å². The van der Waals surface area contributed by atoms with E-state index in [0.29, 0.717) is 18.3 Å². The highest BCUT2D eigenvalue weighted by Crippen LogP contribution is 2.26. The van der Waals surface area contributed by atoms with Crippen LogP contribution in [0.1, 0.15) is 19.4 Å². The summed E-state index contributed by atoms with van der Waals surface area (Å²) in [6.45, 7) is 4.60. The largest absolute Gasteiger partial charge is 0.493 e. The van der Waals surface area contributed by atoms with Crippen LogP contribution < -0.4 is 9.46 Å². The SMILES string of the molecule is CC(C)COc1ccc(S(=O)(=O)Nc2ncc(Cl)cc2S(=O)Cc2ccccc2)cc1. The van der Waals surface area contributed by atoms with Gasteiger partial charge in [0.2, 0.25) is 0 Å². The summed E-state index contributed by atoms with van der Waals surface area (Å²) in [5, 5.41) is 0.269. The molecule has 3 rings (SSSR count). The first kappa shape index (κ1) is 23.2. The molecule has 6 nitrogen and oxygen atoms in total. The van der Waals surface area contributed by atoms with Crippen molar-refractivity contribution in [3.05, 3.63) is 77.4 Å². The van der Waals surface area contributed by atoms with Crippen LogP contribution in [0.2, 0.25) is 5.02 Å². The van der Waals surface area contributed by atoms with Crippen LogP contribution in [-0.2, 0) is 26.6 Å². The van der Waals surface area contributed by atoms with Gasteiger partial charge in [-0.15, -0.1) is 0 Å². The quantitative estimate of drug-likeness (QED) is 0.473. The van der Waals surface area contributed by atoms with Crippen LogP contribution in [0.25, 0.3) is 0 Å². The maximum absolute atomic E-state index is 12.9. The Kier molecular flexibility index (Phi) is 7.69. The summed E-state index contributed by atoms with van der Waals surface area (Å²) in [7, 11) is -5.50. The predicted octanol–water partition coefficient (Wildman–Crippen LogP) is 4.88. The van der Waals surface area contributed by atoms with E-state index >= 15 is 0 Å². The zero-order chi connectivity index (χ0) is 22.4. The van der Waals surface area contributed by atoms with Crippen LogP contribution in [0.4, 0.5) is 5.82 Å². The number of nitrogens with one attached hydrogen (secondary N) is 1. The number of pyridine rings is 1. The van der Waals surface area contributed by atoms with E-state index in [-0.39, 0.29) is 26.4 Å². The molecule has 31 heavy (non-hydrogen) atoms. The second-order valence-electron chi connectivity index (χ2n) is 7.26. The Hall–Kier alpha value is -2.42. The maximum atomic E-state index is 12.9. The number of halogens is 1. The predicted molar refractivity (Wildman–Crippen MR) is 123 cm³/mol. The number of hydrogen-bond acceptors (Lipinski definition) is 5. The minimum atomic E-state index is -3.95. The topological polar surface area (TPSA) is 85.4 Å². The summed E-state index contributed by atoms with van der Waals surface area (Å²) < 4.78 is 46.7. The Balaban J connectivity index is 1.82. The van der Waals surface area contributed by atoms with Gasteiger partial charge in [0.15, 0.2) is 5.82 Å². The minimum absolute atomic E-state index is 0.0150. The van der Waals surface area contributed by atoms with E-state index in [1.54, 1.807) is 12.1 Å². The molecule has 0 spiro atoms. The first-order valence-corrected chi connectivity index (χ1v) is 12.8. The van der Waals surface area contributed by atoms with Crippen molar-refractivity contribution in [2.45, 2.75) is 29.4 Å². The van der Waals surface area contributed by atoms with Gasteiger partial charge in [-0.3, -0.25) is 8.93 Å². The van der Waals surface area contributed by atoms with Gasteiger partial charge in [-0.2, -0.15) is 0 Å². The summed E-state index contributed by atoms with van der Waals surface area (Å²) in [5.74, 6) is 1.14. The number of sulfonamides is 1. The lowest BCUT2D eigenvalue weighted by Crippen LogP contribution is -2.16. The third-order valence-electron chi connectivity index (χ3n) is 4.15. The molecule has 0 saturated carbocycles. The molecule has 1 heterocycles. The van der Waals surface area contributed by atoms with Crippen LogP contribution in [0, 0.1) is 5.92 Å². The highest BCUT2D eigenvalue weighted by molar-refractivity contribution is 7.92. The average molecular weight is 479 g/mol. The lowest BCUT2D eigenvalue weighted by Gasteiger charge is -2.13. The van der Waals surface area contributed by atoms with Gasteiger partial charge in [-0.1, -0.05) is 55.8 Å². The molecule has 1 unspecified atom stereocenters. The number of nitrogens with zero attached hydrogens (tertiary/aromatic N) is 1. The first-order valence-electron chi connectivity index (χ1n) is 9.58. The van der Waals surface area contributed by atoms with Crippen molar-refractivity contribution in [3.8, 4) is 5.75 Å². The fourth-order valence-corrected chi connectivity index (χ4v) is 5.18. The van der Waals surface area contributed by atoms with Crippen molar-refractivity contribution in [1.82, 2.24) is 4.98 Å². The summed E-state index contributed by atoms with van der Waals surface area (Å²) >= 11 is 6.03. The molecule has 0 amide bonds. The number of anilines is 1. The zero-order valence-corrected chi connectivity index (χ0v) is 19.5. The molecule has 1 aromatic heterocycles. The van der Waals surface area contributed by atoms with Crippen molar-refractivity contribution in [2.75, 3.05) is 11.3 Å². The number of benzene rings is 2. The fourth-order valence-electron chi connectivity index (χ4n) is 2.64. The van der Waals surface area contributed by atoms with Crippen LogP contribution in [0.15, 0.2) is 76.7 Å². The van der Waals surface area contributed by atoms with Crippen molar-refractivity contribution >= 4 is 38.2 Å². The van der Waals surface area contributed by atoms with Gasteiger partial charge in [0, 0.05) is 6.20 Å². The molecule has 164 valence electrons. The summed E-state index contributed by atoms with van der Waals surface area (Å²) in [5.41, 5.74) is 0.853. The smallest absolute Gasteiger partial charge is 0.263 e. The van der Waals surface area contributed by atoms with Gasteiger partial charge < -0.3 is 4.74 Å². The Labute approximate surface area is 190 Å². The summed E-state index contributed by atoms with van der Waals surface area (Å²) in [6, 6.07) is 16.8. The van der Waals surface area contributed by atoms with Crippen LogP contribution >= 0.6 is 11.6 Å². The lowest BCUT2D eigenvalue weighted by molar-refractivity contribution is 0.271. The molecule has 0 aliphatic carbocycles. The lowest BCUT2D eigenvalue weighted by atomic mass is 10.2. The van der Waals surface area contributed by atoms with Crippen molar-refractivity contribution in [2.24, 2.45) is 5.92 Å². The van der Waals surface area contributed by atoms with Crippen molar-refractivity contribution in [3.63, 3.8) is 0 Å². The molecule has 0 bridgehead atoms. The number of aromatic nitrogens is 1. The standard InChI is InChI=1S/C22H23ClN2O4S2/c1-16(2)14-29-19-8-10-20(11-9-19)31(27,28)25-22-21(12-18(23)13-24-22)30(26)15-17-6-4-3-5-7-17/h3-13,16H,14-15H2,1-2H3,(H,24,25). The monoisotopic (exact) mass is 478 g/mol. The van der Waals surface area contributed by atoms with E-state index in [2.05, 4.69) is 9.71 Å². The number of hydrogen-bond donors (Lipinski definition) is 1. The normalized spacial score (nSPS) is 12.5. The van der Waals surface area contributed by atoms with Crippen LogP contribution in [0.5, 0.6) is 5.75 Å². The van der Waals surface area contributed by atoms with E-state index in [9.17, 15) is 12.6 Å². The van der Waals surface area contributed by atoms with Gasteiger partial charge >= 0.3 is 0 Å². The van der Waals surface area contributed by atoms with E-state index < -0.39 is 20.8 Å². The highest BCUT2D eigenvalue weighted by atomic mass is 35.5. The molecule has 0 aliphatic rings. The Morgan fingerprint density at radius 2 is 1.77 bits per heavy atom. The molecule has 0 radical (unpaired) electrons. The van der Waals surface area contributed by atoms with Crippen molar-refractivity contribution in [1.29, 1.82) is 0 Å². The summed E-state index contributed by atoms with van der Waals surface area (Å²) in [4.78, 5) is 4.34. The third-order valence-corrected chi connectivity index (χ3v) is 7.11. The zero-order valence-electron chi connectivity index (χ0n) is 17.1. The fraction of sp³-hybridized carbons (Fsp3) is 0.227. The highest BCUT2D eigenvalue weighted by Gasteiger charge is 2.20. The minimum Gasteiger partial charge on any atom is -0.493 e. The number of ether oxygens (including phenoxy) is 1.